The molecule has 6 nitrogen and oxygen atoms in total. The third-order valence-electron chi connectivity index (χ3n) is 3.83. The van der Waals surface area contributed by atoms with E-state index < -0.39 is 0 Å². The molecule has 1 atom stereocenters. The number of methoxy groups -OCH3 is 2. The van der Waals surface area contributed by atoms with Gasteiger partial charge < -0.3 is 25.3 Å². The molecule has 0 saturated heterocycles. The quantitative estimate of drug-likeness (QED) is 0.682. The Kier molecular flexibility index (Phi) is 9.47. The van der Waals surface area contributed by atoms with E-state index in [1.807, 2.05) is 37.3 Å². The van der Waals surface area contributed by atoms with Gasteiger partial charge in [-0.15, -0.1) is 12.4 Å². The minimum absolute atomic E-state index is 0. The van der Waals surface area contributed by atoms with Gasteiger partial charge in [0.25, 0.3) is 5.91 Å². The summed E-state index contributed by atoms with van der Waals surface area (Å²) in [6, 6.07) is 13.1. The second kappa shape index (κ2) is 11.3. The van der Waals surface area contributed by atoms with Gasteiger partial charge >= 0.3 is 0 Å². The van der Waals surface area contributed by atoms with Crippen LogP contribution in [-0.2, 0) is 6.61 Å². The summed E-state index contributed by atoms with van der Waals surface area (Å²) in [6.07, 6.45) is 0.707. The SMILES string of the molecule is COc1cc(C(=O)NCCC(C)N)cc(OC)c1OCc1ccccc1.Cl. The lowest BCUT2D eigenvalue weighted by molar-refractivity contribution is 0.0952. The molecule has 0 aliphatic carbocycles. The van der Waals surface area contributed by atoms with E-state index in [1.165, 1.54) is 14.2 Å². The van der Waals surface area contributed by atoms with E-state index in [1.54, 1.807) is 12.1 Å². The fraction of sp³-hybridized carbons (Fsp3) is 0.350. The van der Waals surface area contributed by atoms with Gasteiger partial charge in [0.15, 0.2) is 11.5 Å². The van der Waals surface area contributed by atoms with Crippen LogP contribution in [0, 0.1) is 0 Å². The Bertz CT molecular complexity index is 698. The molecule has 27 heavy (non-hydrogen) atoms. The van der Waals surface area contributed by atoms with E-state index in [9.17, 15) is 4.79 Å². The van der Waals surface area contributed by atoms with Crippen molar-refractivity contribution < 1.29 is 19.0 Å². The Morgan fingerprint density at radius 1 is 1.11 bits per heavy atom. The van der Waals surface area contributed by atoms with Gasteiger partial charge in [-0.25, -0.2) is 0 Å². The Balaban J connectivity index is 0.00000364. The van der Waals surface area contributed by atoms with Crippen molar-refractivity contribution in [3.8, 4) is 17.2 Å². The van der Waals surface area contributed by atoms with Gasteiger partial charge in [0.05, 0.1) is 14.2 Å². The van der Waals surface area contributed by atoms with E-state index >= 15 is 0 Å². The molecule has 148 valence electrons. The predicted molar refractivity (Wildman–Crippen MR) is 108 cm³/mol. The zero-order chi connectivity index (χ0) is 18.9. The smallest absolute Gasteiger partial charge is 0.251 e. The molecule has 2 aromatic rings. The predicted octanol–water partition coefficient (Wildman–Crippen LogP) is 3.17. The van der Waals surface area contributed by atoms with E-state index in [-0.39, 0.29) is 24.4 Å². The number of carbonyl (C=O) groups excluding carboxylic acids is 1. The summed E-state index contributed by atoms with van der Waals surface area (Å²) in [4.78, 5) is 12.3. The Hall–Kier alpha value is -2.44. The number of hydrogen-bond donors (Lipinski definition) is 2. The number of benzene rings is 2. The van der Waals surface area contributed by atoms with Crippen LogP contribution in [0.1, 0.15) is 29.3 Å². The van der Waals surface area contributed by atoms with Crippen molar-refractivity contribution in [1.82, 2.24) is 5.32 Å². The highest BCUT2D eigenvalue weighted by molar-refractivity contribution is 5.95. The average molecular weight is 395 g/mol. The molecular weight excluding hydrogens is 368 g/mol. The van der Waals surface area contributed by atoms with E-state index in [4.69, 9.17) is 19.9 Å². The summed E-state index contributed by atoms with van der Waals surface area (Å²) < 4.78 is 16.7. The monoisotopic (exact) mass is 394 g/mol. The van der Waals surface area contributed by atoms with Crippen LogP contribution in [0.15, 0.2) is 42.5 Å². The number of amides is 1. The first-order valence-corrected chi connectivity index (χ1v) is 8.51. The van der Waals surface area contributed by atoms with Crippen LogP contribution in [0.2, 0.25) is 0 Å². The van der Waals surface area contributed by atoms with Crippen molar-refractivity contribution in [2.45, 2.75) is 26.0 Å². The molecular formula is C20H27ClN2O4. The highest BCUT2D eigenvalue weighted by Gasteiger charge is 2.18. The van der Waals surface area contributed by atoms with Crippen molar-refractivity contribution in [3.05, 3.63) is 53.6 Å². The third kappa shape index (κ3) is 6.66. The maximum absolute atomic E-state index is 12.3. The molecule has 0 saturated carbocycles. The van der Waals surface area contributed by atoms with Gasteiger partial charge in [-0.05, 0) is 31.0 Å². The molecule has 2 rings (SSSR count). The van der Waals surface area contributed by atoms with Crippen molar-refractivity contribution in [1.29, 1.82) is 0 Å². The van der Waals surface area contributed by atoms with Gasteiger partial charge in [0.1, 0.15) is 6.61 Å². The van der Waals surface area contributed by atoms with Gasteiger partial charge in [0, 0.05) is 18.2 Å². The van der Waals surface area contributed by atoms with Gasteiger partial charge in [0.2, 0.25) is 5.75 Å². The summed E-state index contributed by atoms with van der Waals surface area (Å²) in [6.45, 7) is 2.78. The maximum atomic E-state index is 12.3. The normalized spacial score (nSPS) is 11.1. The lowest BCUT2D eigenvalue weighted by atomic mass is 10.1. The first-order valence-electron chi connectivity index (χ1n) is 8.51. The van der Waals surface area contributed by atoms with Crippen LogP contribution in [0.5, 0.6) is 17.2 Å². The van der Waals surface area contributed by atoms with Crippen LogP contribution in [0.3, 0.4) is 0 Å². The molecule has 0 radical (unpaired) electrons. The first kappa shape index (κ1) is 22.6. The summed E-state index contributed by atoms with van der Waals surface area (Å²) in [7, 11) is 3.06. The minimum atomic E-state index is -0.211. The van der Waals surface area contributed by atoms with E-state index in [0.717, 1.165) is 5.56 Å². The molecule has 1 amide bonds. The second-order valence-electron chi connectivity index (χ2n) is 6.01. The van der Waals surface area contributed by atoms with Crippen molar-refractivity contribution in [2.75, 3.05) is 20.8 Å². The fourth-order valence-corrected chi connectivity index (χ4v) is 2.40. The standard InChI is InChI=1S/C20H26N2O4.ClH/c1-14(21)9-10-22-20(23)16-11-17(24-2)19(18(12-16)25-3)26-13-15-7-5-4-6-8-15;/h4-8,11-12,14H,9-10,13,21H2,1-3H3,(H,22,23);1H. The molecule has 3 N–H and O–H groups in total. The molecule has 1 unspecified atom stereocenters. The molecule has 7 heteroatoms. The number of hydrogen-bond acceptors (Lipinski definition) is 5. The largest absolute Gasteiger partial charge is 0.493 e. The summed E-state index contributed by atoms with van der Waals surface area (Å²) in [5.41, 5.74) is 7.16. The van der Waals surface area contributed by atoms with E-state index in [0.29, 0.717) is 42.4 Å². The number of nitrogens with one attached hydrogen (secondary N) is 1. The number of ether oxygens (including phenoxy) is 3. The Labute approximate surface area is 166 Å². The fourth-order valence-electron chi connectivity index (χ4n) is 2.40. The number of nitrogens with two attached hydrogens (primary N) is 1. The third-order valence-corrected chi connectivity index (χ3v) is 3.83. The molecule has 0 heterocycles. The molecule has 0 aliphatic heterocycles. The van der Waals surface area contributed by atoms with Crippen LogP contribution < -0.4 is 25.3 Å². The molecule has 0 aliphatic rings. The van der Waals surface area contributed by atoms with Crippen molar-refractivity contribution in [3.63, 3.8) is 0 Å². The van der Waals surface area contributed by atoms with Gasteiger partial charge in [-0.3, -0.25) is 4.79 Å². The average Bonchev–Trinajstić information content (AvgIpc) is 2.66. The maximum Gasteiger partial charge on any atom is 0.251 e. The summed E-state index contributed by atoms with van der Waals surface area (Å²) in [5.74, 6) is 1.14. The molecule has 0 aromatic heterocycles. The van der Waals surface area contributed by atoms with Crippen molar-refractivity contribution >= 4 is 18.3 Å². The minimum Gasteiger partial charge on any atom is -0.493 e. The Morgan fingerprint density at radius 2 is 1.70 bits per heavy atom. The van der Waals surface area contributed by atoms with Gasteiger partial charge in [-0.2, -0.15) is 0 Å². The molecule has 0 spiro atoms. The van der Waals surface area contributed by atoms with Crippen LogP contribution in [0.4, 0.5) is 0 Å². The molecule has 2 aromatic carbocycles. The second-order valence-corrected chi connectivity index (χ2v) is 6.01. The van der Waals surface area contributed by atoms with E-state index in [2.05, 4.69) is 5.32 Å². The van der Waals surface area contributed by atoms with Crippen LogP contribution in [-0.4, -0.2) is 32.7 Å². The number of rotatable bonds is 9. The molecule has 0 bridgehead atoms. The first-order chi connectivity index (χ1) is 12.5. The van der Waals surface area contributed by atoms with Crippen LogP contribution in [0.25, 0.3) is 0 Å². The number of carbonyl (C=O) groups is 1. The highest BCUT2D eigenvalue weighted by atomic mass is 35.5. The lowest BCUT2D eigenvalue weighted by Crippen LogP contribution is -2.29. The topological polar surface area (TPSA) is 82.8 Å². The van der Waals surface area contributed by atoms with Gasteiger partial charge in [-0.1, -0.05) is 30.3 Å². The zero-order valence-electron chi connectivity index (χ0n) is 15.9. The number of halogens is 1. The lowest BCUT2D eigenvalue weighted by Gasteiger charge is -2.16. The van der Waals surface area contributed by atoms with Crippen LogP contribution >= 0.6 is 12.4 Å². The highest BCUT2D eigenvalue weighted by Crippen LogP contribution is 2.39. The summed E-state index contributed by atoms with van der Waals surface area (Å²) >= 11 is 0. The zero-order valence-corrected chi connectivity index (χ0v) is 16.7. The summed E-state index contributed by atoms with van der Waals surface area (Å²) in [5, 5.41) is 2.84. The Morgan fingerprint density at radius 3 is 2.22 bits per heavy atom. The van der Waals surface area contributed by atoms with Crippen molar-refractivity contribution in [2.24, 2.45) is 5.73 Å². The molecule has 0 fully saturated rings.